The van der Waals surface area contributed by atoms with Crippen LogP contribution in [0, 0.1) is 16.0 Å². The normalized spacial score (nSPS) is 11.0. The van der Waals surface area contributed by atoms with Gasteiger partial charge in [0.25, 0.3) is 5.69 Å². The minimum Gasteiger partial charge on any atom is -0.356 e. The maximum absolute atomic E-state index is 11.0. The van der Waals surface area contributed by atoms with Crippen LogP contribution in [-0.2, 0) is 6.54 Å². The molecule has 1 aromatic rings. The number of unbranched alkanes of at least 4 members (excludes halogenated alkanes) is 1. The number of para-hydroxylation sites is 1. The Morgan fingerprint density at radius 3 is 2.57 bits per heavy atom. The molecule has 0 amide bonds. The number of nitro groups is 1. The summed E-state index contributed by atoms with van der Waals surface area (Å²) in [6.45, 7) is 5.67. The molecule has 130 valence electrons. The number of hydrogen-bond donors (Lipinski definition) is 2. The zero-order valence-electron chi connectivity index (χ0n) is 14.0. The van der Waals surface area contributed by atoms with Gasteiger partial charge in [-0.3, -0.25) is 15.1 Å². The summed E-state index contributed by atoms with van der Waals surface area (Å²) in [6, 6.07) is 6.73. The molecular weight excluding hydrogens is 407 g/mol. The topological polar surface area (TPSA) is 79.6 Å². The first kappa shape index (κ1) is 21.6. The molecule has 0 aliphatic heterocycles. The summed E-state index contributed by atoms with van der Waals surface area (Å²) >= 11 is 0. The van der Waals surface area contributed by atoms with Gasteiger partial charge >= 0.3 is 0 Å². The second kappa shape index (κ2) is 12.1. The fourth-order valence-corrected chi connectivity index (χ4v) is 2.12. The number of benzene rings is 1. The van der Waals surface area contributed by atoms with Crippen LogP contribution in [0.25, 0.3) is 0 Å². The highest BCUT2D eigenvalue weighted by atomic mass is 127. The average molecular weight is 434 g/mol. The number of nitrogens with zero attached hydrogens (tertiary/aromatic N) is 2. The van der Waals surface area contributed by atoms with Crippen molar-refractivity contribution in [1.29, 1.82) is 0 Å². The van der Waals surface area contributed by atoms with Crippen molar-refractivity contribution in [3.63, 3.8) is 0 Å². The Labute approximate surface area is 155 Å². The average Bonchev–Trinajstić information content (AvgIpc) is 2.49. The van der Waals surface area contributed by atoms with E-state index in [0.717, 1.165) is 18.9 Å². The quantitative estimate of drug-likeness (QED) is 0.163. The van der Waals surface area contributed by atoms with Crippen LogP contribution in [0.1, 0.15) is 38.7 Å². The predicted octanol–water partition coefficient (Wildman–Crippen LogP) is 3.70. The van der Waals surface area contributed by atoms with Gasteiger partial charge in [-0.05, 0) is 12.3 Å². The molecule has 0 fully saturated rings. The van der Waals surface area contributed by atoms with Crippen molar-refractivity contribution in [2.45, 2.75) is 39.7 Å². The molecule has 6 nitrogen and oxygen atoms in total. The molecule has 23 heavy (non-hydrogen) atoms. The maximum Gasteiger partial charge on any atom is 0.274 e. The maximum atomic E-state index is 11.0. The molecule has 0 unspecified atom stereocenters. The lowest BCUT2D eigenvalue weighted by Gasteiger charge is -2.12. The molecule has 1 rings (SSSR count). The summed E-state index contributed by atoms with van der Waals surface area (Å²) < 4.78 is 0. The largest absolute Gasteiger partial charge is 0.356 e. The van der Waals surface area contributed by atoms with Crippen molar-refractivity contribution < 1.29 is 4.92 Å². The first-order valence-corrected chi connectivity index (χ1v) is 7.71. The van der Waals surface area contributed by atoms with E-state index in [-0.39, 0.29) is 34.6 Å². The number of rotatable bonds is 8. The van der Waals surface area contributed by atoms with Gasteiger partial charge in [0.1, 0.15) is 0 Å². The van der Waals surface area contributed by atoms with Crippen molar-refractivity contribution in [3.05, 3.63) is 39.9 Å². The molecule has 7 heteroatoms. The Bertz CT molecular complexity index is 507. The van der Waals surface area contributed by atoms with Crippen LogP contribution in [0.15, 0.2) is 29.3 Å². The standard InChI is InChI=1S/C16H26N4O2.HI/c1-13(2)8-6-7-11-18-16(17-3)19-12-14-9-4-5-10-15(14)20(21)22;/h4-5,9-10,13H,6-8,11-12H2,1-3H3,(H2,17,18,19);1H. The first-order chi connectivity index (χ1) is 10.5. The number of guanidine groups is 1. The van der Waals surface area contributed by atoms with Crippen LogP contribution in [0.2, 0.25) is 0 Å². The van der Waals surface area contributed by atoms with Crippen molar-refractivity contribution in [2.75, 3.05) is 13.6 Å². The molecule has 0 radical (unpaired) electrons. The molecule has 0 atom stereocenters. The van der Waals surface area contributed by atoms with E-state index in [0.29, 0.717) is 18.1 Å². The minimum atomic E-state index is -0.362. The van der Waals surface area contributed by atoms with Gasteiger partial charge in [0.15, 0.2) is 5.96 Å². The van der Waals surface area contributed by atoms with Crippen LogP contribution in [-0.4, -0.2) is 24.5 Å². The van der Waals surface area contributed by atoms with E-state index in [1.165, 1.54) is 18.9 Å². The third-order valence-corrected chi connectivity index (χ3v) is 3.36. The molecule has 0 aliphatic rings. The smallest absolute Gasteiger partial charge is 0.274 e. The molecular formula is C16H27IN4O2. The SMILES string of the molecule is CN=C(NCCCCC(C)C)NCc1ccccc1[N+](=O)[O-].I. The van der Waals surface area contributed by atoms with Crippen molar-refractivity contribution in [1.82, 2.24) is 10.6 Å². The summed E-state index contributed by atoms with van der Waals surface area (Å²) in [5.74, 6) is 1.40. The van der Waals surface area contributed by atoms with Gasteiger partial charge in [0.05, 0.1) is 4.92 Å². The van der Waals surface area contributed by atoms with Gasteiger partial charge < -0.3 is 10.6 Å². The van der Waals surface area contributed by atoms with E-state index in [4.69, 9.17) is 0 Å². The molecule has 0 aromatic heterocycles. The van der Waals surface area contributed by atoms with Crippen LogP contribution in [0.4, 0.5) is 5.69 Å². The first-order valence-electron chi connectivity index (χ1n) is 7.71. The number of nitrogens with one attached hydrogen (secondary N) is 2. The van der Waals surface area contributed by atoms with Crippen LogP contribution < -0.4 is 10.6 Å². The van der Waals surface area contributed by atoms with E-state index in [1.54, 1.807) is 25.2 Å². The van der Waals surface area contributed by atoms with Crippen LogP contribution >= 0.6 is 24.0 Å². The molecule has 0 heterocycles. The van der Waals surface area contributed by atoms with Crippen LogP contribution in [0.3, 0.4) is 0 Å². The second-order valence-electron chi connectivity index (χ2n) is 5.63. The highest BCUT2D eigenvalue weighted by molar-refractivity contribution is 14.0. The van der Waals surface area contributed by atoms with Crippen molar-refractivity contribution in [3.8, 4) is 0 Å². The zero-order chi connectivity index (χ0) is 16.4. The molecule has 0 saturated heterocycles. The number of aliphatic imine (C=N–C) groups is 1. The summed E-state index contributed by atoms with van der Waals surface area (Å²) in [5, 5.41) is 17.3. The Kier molecular flexibility index (Phi) is 11.4. The molecule has 0 bridgehead atoms. The highest BCUT2D eigenvalue weighted by Gasteiger charge is 2.12. The van der Waals surface area contributed by atoms with Gasteiger partial charge in [0, 0.05) is 31.8 Å². The summed E-state index contributed by atoms with van der Waals surface area (Å²) in [6.07, 6.45) is 3.50. The molecule has 0 spiro atoms. The zero-order valence-corrected chi connectivity index (χ0v) is 16.4. The Hall–Kier alpha value is -1.38. The summed E-state index contributed by atoms with van der Waals surface area (Å²) in [7, 11) is 1.70. The minimum absolute atomic E-state index is 0. The van der Waals surface area contributed by atoms with Crippen molar-refractivity contribution in [2.24, 2.45) is 10.9 Å². The molecule has 2 N–H and O–H groups in total. The molecule has 0 saturated carbocycles. The lowest BCUT2D eigenvalue weighted by atomic mass is 10.1. The van der Waals surface area contributed by atoms with E-state index in [2.05, 4.69) is 29.5 Å². The second-order valence-corrected chi connectivity index (χ2v) is 5.63. The Balaban J connectivity index is 0.00000484. The van der Waals surface area contributed by atoms with Gasteiger partial charge in [-0.1, -0.05) is 44.9 Å². The van der Waals surface area contributed by atoms with E-state index < -0.39 is 0 Å². The van der Waals surface area contributed by atoms with Gasteiger partial charge in [-0.2, -0.15) is 0 Å². The van der Waals surface area contributed by atoms with E-state index in [9.17, 15) is 10.1 Å². The van der Waals surface area contributed by atoms with Crippen LogP contribution in [0.5, 0.6) is 0 Å². The van der Waals surface area contributed by atoms with Gasteiger partial charge in [-0.15, -0.1) is 24.0 Å². The lowest BCUT2D eigenvalue weighted by Crippen LogP contribution is -2.37. The number of halogens is 1. The Morgan fingerprint density at radius 2 is 1.96 bits per heavy atom. The van der Waals surface area contributed by atoms with Crippen molar-refractivity contribution >= 4 is 35.6 Å². The van der Waals surface area contributed by atoms with Gasteiger partial charge in [0.2, 0.25) is 0 Å². The molecule has 1 aromatic carbocycles. The predicted molar refractivity (Wildman–Crippen MR) is 105 cm³/mol. The summed E-state index contributed by atoms with van der Waals surface area (Å²) in [4.78, 5) is 14.7. The third kappa shape index (κ3) is 8.73. The van der Waals surface area contributed by atoms with E-state index >= 15 is 0 Å². The number of nitro benzene ring substituents is 1. The Morgan fingerprint density at radius 1 is 1.26 bits per heavy atom. The third-order valence-electron chi connectivity index (χ3n) is 3.36. The monoisotopic (exact) mass is 434 g/mol. The lowest BCUT2D eigenvalue weighted by molar-refractivity contribution is -0.385. The van der Waals surface area contributed by atoms with E-state index in [1.807, 2.05) is 0 Å². The number of hydrogen-bond acceptors (Lipinski definition) is 3. The fourth-order valence-electron chi connectivity index (χ4n) is 2.12. The fraction of sp³-hybridized carbons (Fsp3) is 0.562. The highest BCUT2D eigenvalue weighted by Crippen LogP contribution is 2.16. The van der Waals surface area contributed by atoms with Gasteiger partial charge in [-0.25, -0.2) is 0 Å². The summed E-state index contributed by atoms with van der Waals surface area (Å²) in [5.41, 5.74) is 0.776. The molecule has 0 aliphatic carbocycles.